The lowest BCUT2D eigenvalue weighted by atomic mass is 10.1. The summed E-state index contributed by atoms with van der Waals surface area (Å²) in [6, 6.07) is 7.12. The molecule has 0 fully saturated rings. The SMILES string of the molecule is Cc1ccc(OCc2ccc(C(=O)NC(C(N)=O)C(N)=O)o2)c(C)c1. The fraction of sp³-hybridized carbons (Fsp3) is 0.235. The Morgan fingerprint density at radius 1 is 1.12 bits per heavy atom. The van der Waals surface area contributed by atoms with Crippen molar-refractivity contribution in [3.63, 3.8) is 0 Å². The van der Waals surface area contributed by atoms with Gasteiger partial charge in [0.05, 0.1) is 0 Å². The first-order valence-electron chi connectivity index (χ1n) is 7.46. The molecule has 0 aliphatic heterocycles. The molecule has 132 valence electrons. The van der Waals surface area contributed by atoms with E-state index in [4.69, 9.17) is 20.6 Å². The van der Waals surface area contributed by atoms with Crippen molar-refractivity contribution in [1.29, 1.82) is 0 Å². The van der Waals surface area contributed by atoms with Crippen LogP contribution in [0.4, 0.5) is 0 Å². The third kappa shape index (κ3) is 4.60. The first-order valence-corrected chi connectivity index (χ1v) is 7.46. The molecular formula is C17H19N3O5. The van der Waals surface area contributed by atoms with Crippen LogP contribution < -0.4 is 21.5 Å². The lowest BCUT2D eigenvalue weighted by Gasteiger charge is -2.10. The van der Waals surface area contributed by atoms with Crippen LogP contribution in [0, 0.1) is 13.8 Å². The summed E-state index contributed by atoms with van der Waals surface area (Å²) in [4.78, 5) is 34.2. The Morgan fingerprint density at radius 3 is 2.40 bits per heavy atom. The average Bonchev–Trinajstić information content (AvgIpc) is 3.00. The van der Waals surface area contributed by atoms with Crippen molar-refractivity contribution in [1.82, 2.24) is 5.32 Å². The predicted molar refractivity (Wildman–Crippen MR) is 88.6 cm³/mol. The number of carbonyl (C=O) groups is 3. The van der Waals surface area contributed by atoms with Crippen molar-refractivity contribution >= 4 is 17.7 Å². The molecule has 0 spiro atoms. The molecule has 0 atom stereocenters. The molecule has 2 aromatic rings. The fourth-order valence-electron chi connectivity index (χ4n) is 2.17. The smallest absolute Gasteiger partial charge is 0.288 e. The summed E-state index contributed by atoms with van der Waals surface area (Å²) in [6.07, 6.45) is 0. The Kier molecular flexibility index (Phi) is 5.43. The first-order chi connectivity index (χ1) is 11.8. The van der Waals surface area contributed by atoms with Gasteiger partial charge in [0.2, 0.25) is 11.8 Å². The molecule has 0 saturated heterocycles. The van der Waals surface area contributed by atoms with Crippen molar-refractivity contribution in [2.24, 2.45) is 11.5 Å². The van der Waals surface area contributed by atoms with E-state index >= 15 is 0 Å². The van der Waals surface area contributed by atoms with E-state index in [-0.39, 0.29) is 12.4 Å². The van der Waals surface area contributed by atoms with Crippen LogP contribution in [-0.4, -0.2) is 23.8 Å². The van der Waals surface area contributed by atoms with Crippen molar-refractivity contribution in [3.05, 3.63) is 53.0 Å². The van der Waals surface area contributed by atoms with Gasteiger partial charge in [-0.1, -0.05) is 17.7 Å². The average molecular weight is 345 g/mol. The number of furan rings is 1. The van der Waals surface area contributed by atoms with Crippen LogP contribution in [0.5, 0.6) is 5.75 Å². The van der Waals surface area contributed by atoms with Crippen LogP contribution in [-0.2, 0) is 16.2 Å². The molecular weight excluding hydrogens is 326 g/mol. The quantitative estimate of drug-likeness (QED) is 0.629. The molecule has 0 saturated carbocycles. The van der Waals surface area contributed by atoms with Crippen LogP contribution >= 0.6 is 0 Å². The highest BCUT2D eigenvalue weighted by Gasteiger charge is 2.25. The number of rotatable bonds is 7. The van der Waals surface area contributed by atoms with Crippen molar-refractivity contribution in [3.8, 4) is 5.75 Å². The Bertz CT molecular complexity index is 798. The van der Waals surface area contributed by atoms with Gasteiger partial charge in [-0.05, 0) is 37.6 Å². The Balaban J connectivity index is 2.00. The summed E-state index contributed by atoms with van der Waals surface area (Å²) in [7, 11) is 0. The number of carbonyl (C=O) groups excluding carboxylic acids is 3. The van der Waals surface area contributed by atoms with Gasteiger partial charge in [0.1, 0.15) is 18.1 Å². The van der Waals surface area contributed by atoms with Crippen molar-refractivity contribution < 1.29 is 23.5 Å². The Labute approximate surface area is 144 Å². The van der Waals surface area contributed by atoms with E-state index in [0.29, 0.717) is 11.5 Å². The zero-order valence-corrected chi connectivity index (χ0v) is 13.9. The zero-order chi connectivity index (χ0) is 18.6. The molecule has 1 heterocycles. The van der Waals surface area contributed by atoms with Gasteiger partial charge in [-0.25, -0.2) is 0 Å². The van der Waals surface area contributed by atoms with Gasteiger partial charge >= 0.3 is 0 Å². The molecule has 3 amide bonds. The van der Waals surface area contributed by atoms with E-state index in [2.05, 4.69) is 5.32 Å². The van der Waals surface area contributed by atoms with Crippen molar-refractivity contribution in [2.75, 3.05) is 0 Å². The maximum atomic E-state index is 12.0. The Morgan fingerprint density at radius 2 is 1.80 bits per heavy atom. The maximum absolute atomic E-state index is 12.0. The third-order valence-electron chi connectivity index (χ3n) is 3.43. The molecule has 8 heteroatoms. The molecule has 0 bridgehead atoms. The summed E-state index contributed by atoms with van der Waals surface area (Å²) < 4.78 is 11.0. The standard InChI is InChI=1S/C17H19N3O5/c1-9-3-5-12(10(2)7-9)24-8-11-4-6-13(25-11)17(23)20-14(15(18)21)16(19)22/h3-7,14H,8H2,1-2H3,(H2,18,21)(H2,19,22)(H,20,23). The zero-order valence-electron chi connectivity index (χ0n) is 13.9. The molecule has 0 unspecified atom stereocenters. The lowest BCUT2D eigenvalue weighted by Crippen LogP contribution is -2.52. The van der Waals surface area contributed by atoms with Gasteiger partial charge < -0.3 is 25.9 Å². The second kappa shape index (κ2) is 7.52. The monoisotopic (exact) mass is 345 g/mol. The summed E-state index contributed by atoms with van der Waals surface area (Å²) in [5.74, 6) is -1.86. The number of hydrogen-bond acceptors (Lipinski definition) is 5. The normalized spacial score (nSPS) is 10.5. The number of benzene rings is 1. The van der Waals surface area contributed by atoms with Gasteiger partial charge in [0, 0.05) is 0 Å². The molecule has 1 aromatic carbocycles. The molecule has 8 nitrogen and oxygen atoms in total. The first kappa shape index (κ1) is 18.1. The maximum Gasteiger partial charge on any atom is 0.288 e. The van der Waals surface area contributed by atoms with Gasteiger partial charge in [-0.2, -0.15) is 0 Å². The van der Waals surface area contributed by atoms with E-state index < -0.39 is 23.8 Å². The number of nitrogens with one attached hydrogen (secondary N) is 1. The molecule has 25 heavy (non-hydrogen) atoms. The van der Waals surface area contributed by atoms with Gasteiger partial charge in [-0.15, -0.1) is 0 Å². The van der Waals surface area contributed by atoms with Crippen LogP contribution in [0.2, 0.25) is 0 Å². The van der Waals surface area contributed by atoms with Crippen LogP contribution in [0.1, 0.15) is 27.4 Å². The lowest BCUT2D eigenvalue weighted by molar-refractivity contribution is -0.128. The molecule has 5 N–H and O–H groups in total. The number of amides is 3. The minimum absolute atomic E-state index is 0.0910. The molecule has 1 aromatic heterocycles. The van der Waals surface area contributed by atoms with E-state index in [9.17, 15) is 14.4 Å². The van der Waals surface area contributed by atoms with Crippen molar-refractivity contribution in [2.45, 2.75) is 26.5 Å². The highest BCUT2D eigenvalue weighted by molar-refractivity contribution is 6.07. The van der Waals surface area contributed by atoms with Gasteiger partial charge in [-0.3, -0.25) is 14.4 Å². The molecule has 0 radical (unpaired) electrons. The second-order valence-electron chi connectivity index (χ2n) is 5.53. The van der Waals surface area contributed by atoms with Gasteiger partial charge in [0.15, 0.2) is 11.8 Å². The highest BCUT2D eigenvalue weighted by Crippen LogP contribution is 2.20. The number of hydrogen-bond donors (Lipinski definition) is 3. The van der Waals surface area contributed by atoms with Crippen LogP contribution in [0.25, 0.3) is 0 Å². The van der Waals surface area contributed by atoms with E-state index in [1.165, 1.54) is 6.07 Å². The highest BCUT2D eigenvalue weighted by atomic mass is 16.5. The summed E-state index contributed by atoms with van der Waals surface area (Å²) in [6.45, 7) is 4.03. The summed E-state index contributed by atoms with van der Waals surface area (Å²) in [5, 5.41) is 2.11. The second-order valence-corrected chi connectivity index (χ2v) is 5.53. The van der Waals surface area contributed by atoms with E-state index in [1.54, 1.807) is 6.07 Å². The van der Waals surface area contributed by atoms with Gasteiger partial charge in [0.25, 0.3) is 5.91 Å². The number of primary amides is 2. The number of aryl methyl sites for hydroxylation is 2. The van der Waals surface area contributed by atoms with Crippen LogP contribution in [0.3, 0.4) is 0 Å². The summed E-state index contributed by atoms with van der Waals surface area (Å²) >= 11 is 0. The van der Waals surface area contributed by atoms with Crippen LogP contribution in [0.15, 0.2) is 34.7 Å². The molecule has 2 rings (SSSR count). The largest absolute Gasteiger partial charge is 0.485 e. The topological polar surface area (TPSA) is 138 Å². The fourth-order valence-corrected chi connectivity index (χ4v) is 2.17. The van der Waals surface area contributed by atoms with E-state index in [0.717, 1.165) is 11.1 Å². The number of nitrogens with two attached hydrogens (primary N) is 2. The minimum atomic E-state index is -1.60. The summed E-state index contributed by atoms with van der Waals surface area (Å²) in [5.41, 5.74) is 12.1. The minimum Gasteiger partial charge on any atom is -0.485 e. The molecule has 0 aliphatic carbocycles. The predicted octanol–water partition coefficient (Wildman–Crippen LogP) is 0.544. The molecule has 0 aliphatic rings. The van der Waals surface area contributed by atoms with E-state index in [1.807, 2.05) is 32.0 Å². The number of ether oxygens (including phenoxy) is 1. The Hall–Kier alpha value is -3.29. The third-order valence-corrected chi connectivity index (χ3v) is 3.43.